The molecule has 34 heavy (non-hydrogen) atoms. The molecule has 0 spiro atoms. The van der Waals surface area contributed by atoms with Crippen molar-refractivity contribution in [2.45, 2.75) is 75.4 Å². The number of fused-ring (bicyclic) bond motifs is 1. The van der Waals surface area contributed by atoms with Gasteiger partial charge in [0.1, 0.15) is 5.75 Å². The number of benzene rings is 1. The zero-order valence-corrected chi connectivity index (χ0v) is 19.2. The number of ether oxygens (including phenoxy) is 2. The summed E-state index contributed by atoms with van der Waals surface area (Å²) in [7, 11) is 0. The molecule has 1 fully saturated rings. The van der Waals surface area contributed by atoms with Gasteiger partial charge in [-0.2, -0.15) is 18.3 Å². The number of nitrogens with one attached hydrogen (secondary N) is 1. The number of carbonyl (C=O) groups is 1. The van der Waals surface area contributed by atoms with Crippen LogP contribution in [0.5, 0.6) is 11.5 Å². The van der Waals surface area contributed by atoms with E-state index in [4.69, 9.17) is 21.1 Å². The highest BCUT2D eigenvalue weighted by molar-refractivity contribution is 6.30. The molecule has 7 nitrogen and oxygen atoms in total. The number of nitrogens with zero attached hydrogens (tertiary/aromatic N) is 2. The maximum Gasteiger partial charge on any atom is 0.389 e. The van der Waals surface area contributed by atoms with Gasteiger partial charge < -0.3 is 19.9 Å². The van der Waals surface area contributed by atoms with Crippen molar-refractivity contribution >= 4 is 17.5 Å². The van der Waals surface area contributed by atoms with Crippen molar-refractivity contribution in [1.82, 2.24) is 15.1 Å². The molecule has 2 atom stereocenters. The Hall–Kier alpha value is -2.46. The van der Waals surface area contributed by atoms with Gasteiger partial charge >= 0.3 is 6.18 Å². The Morgan fingerprint density at radius 3 is 2.79 bits per heavy atom. The smallest absolute Gasteiger partial charge is 0.389 e. The van der Waals surface area contributed by atoms with Gasteiger partial charge in [0.25, 0.3) is 5.91 Å². The number of aliphatic hydroxyl groups excluding tert-OH is 1. The maximum atomic E-state index is 12.8. The van der Waals surface area contributed by atoms with Crippen LogP contribution in [0.4, 0.5) is 13.2 Å². The van der Waals surface area contributed by atoms with Gasteiger partial charge in [-0.15, -0.1) is 0 Å². The SMILES string of the molecule is O=C(NC1CCC(n2cc(OCCCC(F)(F)F)cn2)CC1)[C@H]1C[C@@H](O)c2cc(Cl)ccc2O1. The van der Waals surface area contributed by atoms with Crippen molar-refractivity contribution < 1.29 is 32.5 Å². The number of carbonyl (C=O) groups excluding carboxylic acids is 1. The van der Waals surface area contributed by atoms with E-state index in [1.807, 2.05) is 0 Å². The first-order valence-corrected chi connectivity index (χ1v) is 11.7. The average molecular weight is 502 g/mol. The first-order chi connectivity index (χ1) is 16.2. The maximum absolute atomic E-state index is 12.8. The van der Waals surface area contributed by atoms with Gasteiger partial charge in [-0.25, -0.2) is 0 Å². The van der Waals surface area contributed by atoms with Crippen LogP contribution in [0.25, 0.3) is 0 Å². The molecule has 1 saturated carbocycles. The predicted octanol–water partition coefficient (Wildman–Crippen LogP) is 4.74. The summed E-state index contributed by atoms with van der Waals surface area (Å²) in [4.78, 5) is 12.8. The number of rotatable bonds is 7. The highest BCUT2D eigenvalue weighted by Gasteiger charge is 2.34. The van der Waals surface area contributed by atoms with Crippen molar-refractivity contribution in [3.05, 3.63) is 41.2 Å². The lowest BCUT2D eigenvalue weighted by molar-refractivity contribution is -0.136. The minimum Gasteiger partial charge on any atom is -0.490 e. The third-order valence-electron chi connectivity index (χ3n) is 6.20. The highest BCUT2D eigenvalue weighted by Crippen LogP contribution is 2.37. The minimum atomic E-state index is -4.18. The summed E-state index contributed by atoms with van der Waals surface area (Å²) >= 11 is 5.97. The lowest BCUT2D eigenvalue weighted by atomic mass is 9.91. The number of alkyl halides is 3. The summed E-state index contributed by atoms with van der Waals surface area (Å²) in [6, 6.07) is 5.08. The molecule has 1 aromatic carbocycles. The molecule has 2 N–H and O–H groups in total. The Bertz CT molecular complexity index is 992. The molecule has 0 bridgehead atoms. The van der Waals surface area contributed by atoms with Crippen LogP contribution in [0.3, 0.4) is 0 Å². The molecule has 2 aliphatic rings. The van der Waals surface area contributed by atoms with Crippen molar-refractivity contribution in [2.75, 3.05) is 6.61 Å². The van der Waals surface area contributed by atoms with E-state index in [-0.39, 0.29) is 37.4 Å². The van der Waals surface area contributed by atoms with Gasteiger partial charge in [0.15, 0.2) is 11.9 Å². The van der Waals surface area contributed by atoms with Gasteiger partial charge in [-0.05, 0) is 50.3 Å². The zero-order valence-electron chi connectivity index (χ0n) is 18.4. The fourth-order valence-corrected chi connectivity index (χ4v) is 4.60. The molecule has 2 aromatic rings. The number of aromatic nitrogens is 2. The molecule has 11 heteroatoms. The van der Waals surface area contributed by atoms with Crippen LogP contribution < -0.4 is 14.8 Å². The number of hydrogen-bond donors (Lipinski definition) is 2. The molecule has 1 amide bonds. The van der Waals surface area contributed by atoms with Gasteiger partial charge in [-0.1, -0.05) is 11.6 Å². The molecule has 0 unspecified atom stereocenters. The fourth-order valence-electron chi connectivity index (χ4n) is 4.42. The van der Waals surface area contributed by atoms with Crippen LogP contribution in [-0.2, 0) is 4.79 Å². The Morgan fingerprint density at radius 2 is 2.06 bits per heavy atom. The second kappa shape index (κ2) is 10.4. The van der Waals surface area contributed by atoms with Crippen molar-refractivity contribution in [3.8, 4) is 11.5 Å². The molecule has 186 valence electrons. The van der Waals surface area contributed by atoms with E-state index in [0.717, 1.165) is 25.7 Å². The highest BCUT2D eigenvalue weighted by atomic mass is 35.5. The van der Waals surface area contributed by atoms with Crippen molar-refractivity contribution in [2.24, 2.45) is 0 Å². The largest absolute Gasteiger partial charge is 0.490 e. The van der Waals surface area contributed by atoms with Crippen molar-refractivity contribution in [1.29, 1.82) is 0 Å². The van der Waals surface area contributed by atoms with E-state index in [1.165, 1.54) is 6.20 Å². The Labute approximate surface area is 200 Å². The van der Waals surface area contributed by atoms with E-state index in [9.17, 15) is 23.1 Å². The van der Waals surface area contributed by atoms with Crippen LogP contribution in [0.2, 0.25) is 5.02 Å². The summed E-state index contributed by atoms with van der Waals surface area (Å²) < 4.78 is 49.6. The summed E-state index contributed by atoms with van der Waals surface area (Å²) in [5, 5.41) is 18.2. The van der Waals surface area contributed by atoms with Gasteiger partial charge in [0, 0.05) is 29.5 Å². The minimum absolute atomic E-state index is 0.00948. The number of hydrogen-bond acceptors (Lipinski definition) is 5. The normalized spacial score (nSPS) is 24.7. The molecule has 2 heterocycles. The first-order valence-electron chi connectivity index (χ1n) is 11.4. The summed E-state index contributed by atoms with van der Waals surface area (Å²) in [6.45, 7) is -0.0145. The molecular formula is C23H27ClF3N3O4. The quantitative estimate of drug-likeness (QED) is 0.535. The third kappa shape index (κ3) is 6.35. The Balaban J connectivity index is 1.22. The van der Waals surface area contributed by atoms with Gasteiger partial charge in [0.05, 0.1) is 31.1 Å². The van der Waals surface area contributed by atoms with Gasteiger partial charge in [0.2, 0.25) is 0 Å². The molecule has 1 aromatic heterocycles. The molecular weight excluding hydrogens is 475 g/mol. The lowest BCUT2D eigenvalue weighted by Crippen LogP contribution is -2.46. The van der Waals surface area contributed by atoms with Crippen LogP contribution in [0.1, 0.15) is 62.7 Å². The first kappa shape index (κ1) is 24.7. The summed E-state index contributed by atoms with van der Waals surface area (Å²) in [5.41, 5.74) is 0.583. The van der Waals surface area contributed by atoms with Crippen LogP contribution in [-0.4, -0.2) is 45.7 Å². The Morgan fingerprint density at radius 1 is 1.29 bits per heavy atom. The van der Waals surface area contributed by atoms with E-state index < -0.39 is 24.8 Å². The number of halogens is 4. The van der Waals surface area contributed by atoms with Crippen LogP contribution in [0, 0.1) is 0 Å². The topological polar surface area (TPSA) is 85.6 Å². The molecule has 0 saturated heterocycles. The third-order valence-corrected chi connectivity index (χ3v) is 6.43. The van der Waals surface area contributed by atoms with Crippen LogP contribution >= 0.6 is 11.6 Å². The van der Waals surface area contributed by atoms with Gasteiger partial charge in [-0.3, -0.25) is 9.48 Å². The zero-order chi connectivity index (χ0) is 24.3. The number of amides is 1. The monoisotopic (exact) mass is 501 g/mol. The van der Waals surface area contributed by atoms with Crippen LogP contribution in [0.15, 0.2) is 30.6 Å². The van der Waals surface area contributed by atoms with Crippen molar-refractivity contribution in [3.63, 3.8) is 0 Å². The second-order valence-corrected chi connectivity index (χ2v) is 9.21. The predicted molar refractivity (Wildman–Crippen MR) is 118 cm³/mol. The number of aliphatic hydroxyl groups is 1. The van der Waals surface area contributed by atoms with E-state index in [1.54, 1.807) is 29.1 Å². The molecule has 1 aliphatic carbocycles. The lowest BCUT2D eigenvalue weighted by Gasteiger charge is -2.32. The van der Waals surface area contributed by atoms with E-state index >= 15 is 0 Å². The summed E-state index contributed by atoms with van der Waals surface area (Å²) in [6.07, 6.45) is -0.288. The molecule has 0 radical (unpaired) electrons. The Kier molecular flexibility index (Phi) is 7.57. The van der Waals surface area contributed by atoms with E-state index in [2.05, 4.69) is 10.4 Å². The second-order valence-electron chi connectivity index (χ2n) is 8.78. The summed E-state index contributed by atoms with van der Waals surface area (Å²) in [5.74, 6) is 0.658. The molecule has 1 aliphatic heterocycles. The fraction of sp³-hybridized carbons (Fsp3) is 0.565. The van der Waals surface area contributed by atoms with E-state index in [0.29, 0.717) is 22.1 Å². The standard InChI is InChI=1S/C23H27ClF3N3O4/c24-14-2-7-20-18(10-14)19(31)11-21(34-20)22(32)29-15-3-5-16(6-4-15)30-13-17(12-28-30)33-9-1-8-23(25,26)27/h2,7,10,12-13,15-16,19,21,31H,1,3-6,8-9,11H2,(H,29,32)/t15?,16?,19-,21-/m1/s1. The molecule has 4 rings (SSSR count). The average Bonchev–Trinajstić information content (AvgIpc) is 3.26.